The highest BCUT2D eigenvalue weighted by Crippen LogP contribution is 2.45. The van der Waals surface area contributed by atoms with Gasteiger partial charge in [0, 0.05) is 10.6 Å². The van der Waals surface area contributed by atoms with Crippen LogP contribution in [0.15, 0.2) is 60.0 Å². The minimum Gasteiger partial charge on any atom is -0.508 e. The van der Waals surface area contributed by atoms with Crippen LogP contribution < -0.4 is 10.5 Å². The van der Waals surface area contributed by atoms with E-state index in [1.165, 1.54) is 0 Å². The number of nitrogens with two attached hydrogens (primary N) is 1. The second-order valence-corrected chi connectivity index (χ2v) is 6.28. The molecule has 6 nitrogen and oxygen atoms in total. The van der Waals surface area contributed by atoms with E-state index in [4.69, 9.17) is 22.1 Å². The van der Waals surface area contributed by atoms with Crippen molar-refractivity contribution in [3.63, 3.8) is 0 Å². The third-order valence-corrected chi connectivity index (χ3v) is 4.55. The van der Waals surface area contributed by atoms with Crippen LogP contribution in [-0.4, -0.2) is 15.3 Å². The van der Waals surface area contributed by atoms with E-state index < -0.39 is 5.92 Å². The maximum Gasteiger partial charge on any atom is 0.244 e. The predicted octanol–water partition coefficient (Wildman–Crippen LogP) is 3.65. The van der Waals surface area contributed by atoms with Gasteiger partial charge in [-0.05, 0) is 29.8 Å². The van der Waals surface area contributed by atoms with Crippen molar-refractivity contribution in [2.45, 2.75) is 5.92 Å². The van der Waals surface area contributed by atoms with Gasteiger partial charge in [-0.2, -0.15) is 5.26 Å². The van der Waals surface area contributed by atoms with Crippen LogP contribution in [0.25, 0.3) is 11.3 Å². The number of ether oxygens (including phenoxy) is 1. The topological polar surface area (TPSA) is 108 Å². The van der Waals surface area contributed by atoms with E-state index in [1.54, 1.807) is 36.4 Å². The number of halogens is 1. The molecule has 1 aromatic heterocycles. The number of benzene rings is 2. The first-order chi connectivity index (χ1) is 12.6. The van der Waals surface area contributed by atoms with Crippen LogP contribution in [0.1, 0.15) is 17.0 Å². The van der Waals surface area contributed by atoms with Crippen molar-refractivity contribution in [3.8, 4) is 29.0 Å². The number of allylic oxidation sites excluding steroid dienone is 1. The van der Waals surface area contributed by atoms with Crippen LogP contribution >= 0.6 is 11.6 Å². The van der Waals surface area contributed by atoms with Gasteiger partial charge in [-0.3, -0.25) is 5.10 Å². The number of nitriles is 1. The Kier molecular flexibility index (Phi) is 3.79. The molecule has 1 aliphatic heterocycles. The number of aromatic hydroxyl groups is 1. The standard InChI is InChI=1S/C19H13ClN4O2/c20-12-5-1-11(2-6-12)17-16-15(10-3-7-13(25)8-4-10)14(9-21)18(22)26-19(16)24-23-17/h1-8,15,25H,22H2,(H,23,24). The van der Waals surface area contributed by atoms with Gasteiger partial charge in [0.1, 0.15) is 17.4 Å². The molecule has 0 aliphatic carbocycles. The maximum atomic E-state index is 9.64. The van der Waals surface area contributed by atoms with Crippen molar-refractivity contribution in [3.05, 3.63) is 76.1 Å². The second kappa shape index (κ2) is 6.14. The Morgan fingerprint density at radius 3 is 2.50 bits per heavy atom. The minimum atomic E-state index is -0.464. The molecule has 26 heavy (non-hydrogen) atoms. The third kappa shape index (κ3) is 2.55. The molecule has 0 saturated carbocycles. The third-order valence-electron chi connectivity index (χ3n) is 4.30. The molecule has 0 fully saturated rings. The fourth-order valence-electron chi connectivity index (χ4n) is 3.08. The van der Waals surface area contributed by atoms with E-state index in [-0.39, 0.29) is 11.6 Å². The highest BCUT2D eigenvalue weighted by atomic mass is 35.5. The van der Waals surface area contributed by atoms with E-state index in [0.29, 0.717) is 22.0 Å². The van der Waals surface area contributed by atoms with Gasteiger partial charge in [-0.25, -0.2) is 0 Å². The average molecular weight is 365 g/mol. The monoisotopic (exact) mass is 364 g/mol. The molecule has 1 unspecified atom stereocenters. The van der Waals surface area contributed by atoms with E-state index >= 15 is 0 Å². The lowest BCUT2D eigenvalue weighted by Gasteiger charge is -2.24. The molecule has 1 atom stereocenters. The molecule has 0 saturated heterocycles. The van der Waals surface area contributed by atoms with Crippen molar-refractivity contribution in [1.82, 2.24) is 10.2 Å². The summed E-state index contributed by atoms with van der Waals surface area (Å²) in [5, 5.41) is 27.0. The Morgan fingerprint density at radius 1 is 1.15 bits per heavy atom. The molecule has 0 bridgehead atoms. The molecular weight excluding hydrogens is 352 g/mol. The smallest absolute Gasteiger partial charge is 0.244 e. The first-order valence-corrected chi connectivity index (χ1v) is 8.17. The number of fused-ring (bicyclic) bond motifs is 1. The van der Waals surface area contributed by atoms with Gasteiger partial charge < -0.3 is 15.6 Å². The number of phenolic OH excluding ortho intramolecular Hbond substituents is 1. The van der Waals surface area contributed by atoms with E-state index in [1.807, 2.05) is 12.1 Å². The Hall–Kier alpha value is -3.43. The van der Waals surface area contributed by atoms with Gasteiger partial charge in [0.2, 0.25) is 11.8 Å². The van der Waals surface area contributed by atoms with Crippen LogP contribution in [0, 0.1) is 11.3 Å². The number of hydrogen-bond donors (Lipinski definition) is 3. The number of aromatic nitrogens is 2. The quantitative estimate of drug-likeness (QED) is 0.643. The lowest BCUT2D eigenvalue weighted by Crippen LogP contribution is -2.20. The first kappa shape index (κ1) is 16.1. The molecule has 4 rings (SSSR count). The summed E-state index contributed by atoms with van der Waals surface area (Å²) >= 11 is 5.98. The molecule has 7 heteroatoms. The Balaban J connectivity index is 1.93. The summed E-state index contributed by atoms with van der Waals surface area (Å²) in [6, 6.07) is 16.0. The summed E-state index contributed by atoms with van der Waals surface area (Å²) in [6.45, 7) is 0. The van der Waals surface area contributed by atoms with Gasteiger partial charge >= 0.3 is 0 Å². The predicted molar refractivity (Wildman–Crippen MR) is 96.4 cm³/mol. The van der Waals surface area contributed by atoms with Crippen LogP contribution in [-0.2, 0) is 0 Å². The van der Waals surface area contributed by atoms with Crippen LogP contribution in [0.2, 0.25) is 5.02 Å². The number of H-pyrrole nitrogens is 1. The summed E-state index contributed by atoms with van der Waals surface area (Å²) in [6.07, 6.45) is 0. The molecule has 2 aromatic carbocycles. The largest absolute Gasteiger partial charge is 0.508 e. The number of hydrogen-bond acceptors (Lipinski definition) is 5. The molecule has 0 radical (unpaired) electrons. The highest BCUT2D eigenvalue weighted by Gasteiger charge is 2.35. The van der Waals surface area contributed by atoms with Crippen molar-refractivity contribution in [2.24, 2.45) is 5.73 Å². The number of phenols is 1. The summed E-state index contributed by atoms with van der Waals surface area (Å²) in [7, 11) is 0. The molecule has 128 valence electrons. The van der Waals surface area contributed by atoms with Crippen molar-refractivity contribution < 1.29 is 9.84 Å². The van der Waals surface area contributed by atoms with E-state index in [9.17, 15) is 10.4 Å². The zero-order valence-electron chi connectivity index (χ0n) is 13.4. The summed E-state index contributed by atoms with van der Waals surface area (Å²) in [5.74, 6) is 0.0205. The SMILES string of the molecule is N#CC1=C(N)Oc2n[nH]c(-c3ccc(Cl)cc3)c2C1c1ccc(O)cc1. The van der Waals surface area contributed by atoms with Gasteiger partial charge in [0.25, 0.3) is 0 Å². The van der Waals surface area contributed by atoms with E-state index in [0.717, 1.165) is 16.8 Å². The van der Waals surface area contributed by atoms with Crippen LogP contribution in [0.5, 0.6) is 11.6 Å². The lowest BCUT2D eigenvalue weighted by molar-refractivity contribution is 0.379. The summed E-state index contributed by atoms with van der Waals surface area (Å²) in [4.78, 5) is 0. The number of nitrogens with one attached hydrogen (secondary N) is 1. The molecule has 0 spiro atoms. The minimum absolute atomic E-state index is 0.0206. The molecule has 4 N–H and O–H groups in total. The van der Waals surface area contributed by atoms with Crippen LogP contribution in [0.4, 0.5) is 0 Å². The van der Waals surface area contributed by atoms with E-state index in [2.05, 4.69) is 16.3 Å². The van der Waals surface area contributed by atoms with Gasteiger partial charge in [-0.15, -0.1) is 5.10 Å². The van der Waals surface area contributed by atoms with Gasteiger partial charge in [0.05, 0.1) is 17.2 Å². The molecule has 3 aromatic rings. The average Bonchev–Trinajstić information content (AvgIpc) is 3.05. The fraction of sp³-hybridized carbons (Fsp3) is 0.0526. The summed E-state index contributed by atoms with van der Waals surface area (Å²) < 4.78 is 5.55. The first-order valence-electron chi connectivity index (χ1n) is 7.79. The van der Waals surface area contributed by atoms with Crippen molar-refractivity contribution >= 4 is 11.6 Å². The zero-order chi connectivity index (χ0) is 18.3. The van der Waals surface area contributed by atoms with Gasteiger partial charge in [0.15, 0.2) is 0 Å². The fourth-order valence-corrected chi connectivity index (χ4v) is 3.21. The molecule has 2 heterocycles. The Labute approximate surface area is 154 Å². The lowest BCUT2D eigenvalue weighted by atomic mass is 9.83. The zero-order valence-corrected chi connectivity index (χ0v) is 14.2. The number of nitrogens with zero attached hydrogens (tertiary/aromatic N) is 2. The molecule has 1 aliphatic rings. The molecular formula is C19H13ClN4O2. The highest BCUT2D eigenvalue weighted by molar-refractivity contribution is 6.30. The Morgan fingerprint density at radius 2 is 1.85 bits per heavy atom. The maximum absolute atomic E-state index is 9.64. The molecule has 0 amide bonds. The van der Waals surface area contributed by atoms with Crippen LogP contribution in [0.3, 0.4) is 0 Å². The number of aromatic amines is 1. The van der Waals surface area contributed by atoms with Gasteiger partial charge in [-0.1, -0.05) is 35.9 Å². The Bertz CT molecular complexity index is 1050. The van der Waals surface area contributed by atoms with Crippen molar-refractivity contribution in [1.29, 1.82) is 5.26 Å². The van der Waals surface area contributed by atoms with Crippen molar-refractivity contribution in [2.75, 3.05) is 0 Å². The second-order valence-electron chi connectivity index (χ2n) is 5.84. The number of rotatable bonds is 2. The summed E-state index contributed by atoms with van der Waals surface area (Å²) in [5.41, 5.74) is 9.31. The normalized spacial score (nSPS) is 15.9.